The lowest BCUT2D eigenvalue weighted by molar-refractivity contribution is -0.163. The number of likely N-dealkylation sites (tertiary alicyclic amines) is 1. The second-order valence-electron chi connectivity index (χ2n) is 9.98. The summed E-state index contributed by atoms with van der Waals surface area (Å²) in [4.78, 5) is 37.7. The van der Waals surface area contributed by atoms with Gasteiger partial charge in [0.05, 0.1) is 17.4 Å². The van der Waals surface area contributed by atoms with Crippen molar-refractivity contribution in [2.75, 3.05) is 13.6 Å². The van der Waals surface area contributed by atoms with Crippen molar-refractivity contribution in [1.82, 2.24) is 10.2 Å². The van der Waals surface area contributed by atoms with Crippen LogP contribution in [0.15, 0.2) is 24.0 Å². The average molecular weight is 505 g/mol. The lowest BCUT2D eigenvalue weighted by Crippen LogP contribution is -2.71. The molecule has 2 aliphatic heterocycles. The number of likely N-dealkylation sites (N-methyl/N-ethyl adjacent to an activating group) is 1. The van der Waals surface area contributed by atoms with Gasteiger partial charge in [0.1, 0.15) is 11.8 Å². The van der Waals surface area contributed by atoms with Crippen molar-refractivity contribution in [2.45, 2.75) is 75.3 Å². The van der Waals surface area contributed by atoms with Crippen LogP contribution in [0.4, 0.5) is 0 Å². The first-order valence-electron chi connectivity index (χ1n) is 11.9. The first kappa shape index (κ1) is 25.9. The number of fused-ring (bicyclic) bond motifs is 1. The predicted molar refractivity (Wildman–Crippen MR) is 125 cm³/mol. The number of piperidine rings is 1. The molecule has 11 heteroatoms. The second kappa shape index (κ2) is 9.06. The highest BCUT2D eigenvalue weighted by Gasteiger charge is 2.69. The molecule has 1 aromatic rings. The number of nitrogens with zero attached hydrogens (tertiary/aromatic N) is 1. The molecule has 2 heterocycles. The van der Waals surface area contributed by atoms with E-state index < -0.39 is 53.5 Å². The molecule has 2 unspecified atom stereocenters. The summed E-state index contributed by atoms with van der Waals surface area (Å²) in [7, 11) is 1.93. The fourth-order valence-corrected chi connectivity index (χ4v) is 5.83. The maximum absolute atomic E-state index is 12.9. The van der Waals surface area contributed by atoms with Gasteiger partial charge in [-0.3, -0.25) is 4.79 Å². The zero-order valence-corrected chi connectivity index (χ0v) is 20.6. The maximum atomic E-state index is 12.9. The number of hydrogen-bond donors (Lipinski definition) is 5. The summed E-state index contributed by atoms with van der Waals surface area (Å²) in [5.74, 6) is -2.84. The predicted octanol–water partition coefficient (Wildman–Crippen LogP) is 0.326. The van der Waals surface area contributed by atoms with Gasteiger partial charge in [0.15, 0.2) is 23.7 Å². The van der Waals surface area contributed by atoms with Crippen LogP contribution >= 0.6 is 0 Å². The van der Waals surface area contributed by atoms with Gasteiger partial charge >= 0.3 is 11.9 Å². The molecular formula is C25H32N2O9. The summed E-state index contributed by atoms with van der Waals surface area (Å²) in [5, 5.41) is 43.2. The van der Waals surface area contributed by atoms with E-state index in [9.17, 15) is 29.7 Å². The third-order valence-corrected chi connectivity index (χ3v) is 7.94. The number of nitrogens with one attached hydrogen (secondary N) is 1. The quantitative estimate of drug-likeness (QED) is 0.341. The molecule has 1 amide bonds. The van der Waals surface area contributed by atoms with Gasteiger partial charge in [-0.25, -0.2) is 9.59 Å². The number of hydrogen-bond acceptors (Lipinski definition) is 9. The molecular weight excluding hydrogens is 472 g/mol. The molecule has 5 N–H and O–H groups in total. The Bertz CT molecular complexity index is 1130. The molecule has 4 rings (SSSR count). The summed E-state index contributed by atoms with van der Waals surface area (Å²) >= 11 is 0. The zero-order chi connectivity index (χ0) is 26.6. The van der Waals surface area contributed by atoms with Crippen LogP contribution in [-0.4, -0.2) is 86.7 Å². The molecule has 196 valence electrons. The molecule has 1 spiro atoms. The normalized spacial score (nSPS) is 30.6. The van der Waals surface area contributed by atoms with Crippen molar-refractivity contribution in [1.29, 1.82) is 0 Å². The summed E-state index contributed by atoms with van der Waals surface area (Å²) < 4.78 is 11.9. The molecule has 36 heavy (non-hydrogen) atoms. The van der Waals surface area contributed by atoms with Gasteiger partial charge in [0, 0.05) is 18.0 Å². The summed E-state index contributed by atoms with van der Waals surface area (Å²) in [6, 6.07) is 1.88. The Morgan fingerprint density at radius 1 is 1.33 bits per heavy atom. The first-order chi connectivity index (χ1) is 16.8. The van der Waals surface area contributed by atoms with E-state index in [0.717, 1.165) is 5.56 Å². The van der Waals surface area contributed by atoms with E-state index in [0.29, 0.717) is 18.5 Å². The molecule has 11 nitrogen and oxygen atoms in total. The molecule has 0 saturated carbocycles. The number of rotatable bonds is 6. The number of carbonyl (C=O) groups excluding carboxylic acids is 2. The minimum atomic E-state index is -1.89. The number of carbonyl (C=O) groups is 3. The highest BCUT2D eigenvalue weighted by Crippen LogP contribution is 2.62. The van der Waals surface area contributed by atoms with Crippen molar-refractivity contribution in [2.24, 2.45) is 0 Å². The molecule has 0 bridgehead atoms. The van der Waals surface area contributed by atoms with Crippen molar-refractivity contribution < 1.29 is 44.3 Å². The van der Waals surface area contributed by atoms with Gasteiger partial charge in [-0.15, -0.1) is 0 Å². The number of aliphatic hydroxyl groups excluding tert-OH is 1. The number of ether oxygens (including phenoxy) is 2. The fraction of sp³-hybridized carbons (Fsp3) is 0.560. The smallest absolute Gasteiger partial charge is 0.333 e. The van der Waals surface area contributed by atoms with E-state index in [1.54, 1.807) is 12.1 Å². The zero-order valence-electron chi connectivity index (χ0n) is 20.6. The number of phenolic OH excluding ortho intramolecular Hbond substituents is 1. The molecule has 3 aliphatic rings. The van der Waals surface area contributed by atoms with E-state index >= 15 is 0 Å². The number of carboxylic acid groups (broad SMARTS) is 1. The Hall–Kier alpha value is -3.15. The van der Waals surface area contributed by atoms with Crippen LogP contribution in [0.5, 0.6) is 11.5 Å². The van der Waals surface area contributed by atoms with Gasteiger partial charge in [0.25, 0.3) is 0 Å². The number of aryl methyl sites for hydroxylation is 1. The van der Waals surface area contributed by atoms with Crippen molar-refractivity contribution >= 4 is 17.8 Å². The van der Waals surface area contributed by atoms with Gasteiger partial charge < -0.3 is 40.1 Å². The monoisotopic (exact) mass is 504 g/mol. The number of esters is 1. The van der Waals surface area contributed by atoms with Crippen molar-refractivity contribution in [3.8, 4) is 11.5 Å². The maximum Gasteiger partial charge on any atom is 0.333 e. The van der Waals surface area contributed by atoms with Crippen LogP contribution in [0.3, 0.4) is 0 Å². The molecule has 0 radical (unpaired) electrons. The van der Waals surface area contributed by atoms with Crippen molar-refractivity contribution in [3.05, 3.63) is 35.1 Å². The highest BCUT2D eigenvalue weighted by atomic mass is 16.6. The highest BCUT2D eigenvalue weighted by molar-refractivity contribution is 5.87. The molecule has 1 fully saturated rings. The second-order valence-corrected chi connectivity index (χ2v) is 9.98. The van der Waals surface area contributed by atoms with Crippen LogP contribution in [0, 0.1) is 6.92 Å². The van der Waals surface area contributed by atoms with Crippen LogP contribution < -0.4 is 10.1 Å². The minimum absolute atomic E-state index is 0.0726. The number of benzene rings is 1. The number of aliphatic carboxylic acids is 1. The lowest BCUT2D eigenvalue weighted by atomic mass is 9.54. The van der Waals surface area contributed by atoms with E-state index in [-0.39, 0.29) is 29.7 Å². The standard InChI is InChI=1S/C25H32N2O9/c1-12-5-6-15(28)20-19(12)24-9-10-27(4)14(3)25(24,34)8-7-17(21(24)36-20)35-23(33)13(2)26-18(30)11-16(29)22(31)32/h5-7,13-14,16,21,28-29,34H,8-11H2,1-4H3,(H,26,30)(H,31,32)/t13-,14+,16-,21?,24?,25+/m0/s1. The SMILES string of the molecule is Cc1ccc(O)c2c1C13CCN(C)[C@H](C)[C@]1(O)CC=C(OC(=O)[C@H](C)NC(=O)C[C@H](O)C(=O)O)C3O2. The van der Waals surface area contributed by atoms with Crippen LogP contribution in [-0.2, 0) is 24.5 Å². The molecule has 1 aromatic carbocycles. The number of aromatic hydroxyl groups is 1. The topological polar surface area (TPSA) is 166 Å². The van der Waals surface area contributed by atoms with Crippen molar-refractivity contribution in [3.63, 3.8) is 0 Å². The minimum Gasteiger partial charge on any atom is -0.504 e. The Labute approximate surface area is 208 Å². The summed E-state index contributed by atoms with van der Waals surface area (Å²) in [5.41, 5.74) is -0.734. The van der Waals surface area contributed by atoms with Gasteiger partial charge in [0.2, 0.25) is 5.91 Å². The Morgan fingerprint density at radius 2 is 2.03 bits per heavy atom. The fourth-order valence-electron chi connectivity index (χ4n) is 5.83. The van der Waals surface area contributed by atoms with Crippen LogP contribution in [0.2, 0.25) is 0 Å². The number of carboxylic acids is 1. The van der Waals surface area contributed by atoms with E-state index in [1.165, 1.54) is 13.0 Å². The Morgan fingerprint density at radius 3 is 2.69 bits per heavy atom. The molecule has 0 aromatic heterocycles. The average Bonchev–Trinajstić information content (AvgIpc) is 3.18. The third-order valence-electron chi connectivity index (χ3n) is 7.94. The molecule has 1 aliphatic carbocycles. The summed E-state index contributed by atoms with van der Waals surface area (Å²) in [6.07, 6.45) is -1.23. The molecule has 6 atom stereocenters. The van der Waals surface area contributed by atoms with E-state index in [2.05, 4.69) is 10.2 Å². The number of amides is 1. The number of phenols is 1. The van der Waals surface area contributed by atoms with Crippen LogP contribution in [0.1, 0.15) is 44.2 Å². The van der Waals surface area contributed by atoms with E-state index in [1.807, 2.05) is 20.9 Å². The van der Waals surface area contributed by atoms with Gasteiger partial charge in [-0.2, -0.15) is 0 Å². The first-order valence-corrected chi connectivity index (χ1v) is 11.9. The number of aliphatic hydroxyl groups is 2. The largest absolute Gasteiger partial charge is 0.504 e. The Kier molecular flexibility index (Phi) is 6.52. The molecule has 1 saturated heterocycles. The lowest BCUT2D eigenvalue weighted by Gasteiger charge is -2.58. The Balaban J connectivity index is 1.64. The van der Waals surface area contributed by atoms with Crippen LogP contribution in [0.25, 0.3) is 0 Å². The van der Waals surface area contributed by atoms with Gasteiger partial charge in [-0.1, -0.05) is 6.07 Å². The van der Waals surface area contributed by atoms with Gasteiger partial charge in [-0.05, 0) is 58.5 Å². The summed E-state index contributed by atoms with van der Waals surface area (Å²) in [6.45, 7) is 5.83. The third kappa shape index (κ3) is 3.82. The van der Waals surface area contributed by atoms with E-state index in [4.69, 9.17) is 14.6 Å².